The van der Waals surface area contributed by atoms with Crippen LogP contribution < -0.4 is 5.32 Å². The molecule has 2 nitrogen and oxygen atoms in total. The van der Waals surface area contributed by atoms with Crippen LogP contribution in [-0.4, -0.2) is 4.98 Å². The Kier molecular flexibility index (Phi) is 4.62. The summed E-state index contributed by atoms with van der Waals surface area (Å²) in [4.78, 5) is 3.36. The first-order chi connectivity index (χ1) is 12.4. The number of rotatable bonds is 6. The van der Waals surface area contributed by atoms with E-state index in [0.29, 0.717) is 0 Å². The molecule has 3 aromatic carbocycles. The molecule has 25 heavy (non-hydrogen) atoms. The molecule has 2 heteroatoms. The first kappa shape index (κ1) is 15.7. The minimum Gasteiger partial charge on any atom is -0.361 e. The summed E-state index contributed by atoms with van der Waals surface area (Å²) in [6, 6.07) is 30.1. The Hall–Kier alpha value is -2.84. The third kappa shape index (κ3) is 3.65. The minimum atomic E-state index is 0.289. The Labute approximate surface area is 148 Å². The van der Waals surface area contributed by atoms with Crippen molar-refractivity contribution >= 4 is 10.9 Å². The molecule has 124 valence electrons. The van der Waals surface area contributed by atoms with E-state index in [1.54, 1.807) is 0 Å². The number of hydrogen-bond acceptors (Lipinski definition) is 1. The summed E-state index contributed by atoms with van der Waals surface area (Å²) in [6.07, 6.45) is 3.09. The van der Waals surface area contributed by atoms with Gasteiger partial charge in [-0.15, -0.1) is 0 Å². The molecule has 0 aliphatic rings. The van der Waals surface area contributed by atoms with E-state index >= 15 is 0 Å². The fraction of sp³-hybridized carbons (Fsp3) is 0.130. The van der Waals surface area contributed by atoms with Gasteiger partial charge in [-0.1, -0.05) is 78.9 Å². The van der Waals surface area contributed by atoms with Crippen molar-refractivity contribution in [2.45, 2.75) is 19.0 Å². The van der Waals surface area contributed by atoms with Crippen LogP contribution in [0.3, 0.4) is 0 Å². The highest BCUT2D eigenvalue weighted by atomic mass is 14.9. The van der Waals surface area contributed by atoms with Crippen molar-refractivity contribution in [2.75, 3.05) is 0 Å². The highest BCUT2D eigenvalue weighted by Gasteiger charge is 2.13. The summed E-state index contributed by atoms with van der Waals surface area (Å²) < 4.78 is 0. The predicted molar refractivity (Wildman–Crippen MR) is 104 cm³/mol. The molecule has 2 N–H and O–H groups in total. The lowest BCUT2D eigenvalue weighted by Crippen LogP contribution is -2.22. The summed E-state index contributed by atoms with van der Waals surface area (Å²) in [5.74, 6) is 0. The lowest BCUT2D eigenvalue weighted by Gasteiger charge is -2.19. The number of fused-ring (bicyclic) bond motifs is 1. The molecule has 0 aliphatic carbocycles. The SMILES string of the molecule is c1ccc(C[C@H](NCc2c[nH]c3ccccc23)c2ccccc2)cc1. The van der Waals surface area contributed by atoms with Gasteiger partial charge in [-0.25, -0.2) is 0 Å². The molecule has 0 saturated carbocycles. The van der Waals surface area contributed by atoms with Crippen LogP contribution >= 0.6 is 0 Å². The highest BCUT2D eigenvalue weighted by Crippen LogP contribution is 2.22. The van der Waals surface area contributed by atoms with Crippen molar-refractivity contribution < 1.29 is 0 Å². The molecule has 0 bridgehead atoms. The second-order valence-corrected chi connectivity index (χ2v) is 6.39. The maximum absolute atomic E-state index is 3.76. The fourth-order valence-corrected chi connectivity index (χ4v) is 3.35. The topological polar surface area (TPSA) is 27.8 Å². The van der Waals surface area contributed by atoms with Gasteiger partial charge in [-0.2, -0.15) is 0 Å². The molecule has 0 radical (unpaired) electrons. The van der Waals surface area contributed by atoms with Gasteiger partial charge in [0, 0.05) is 29.7 Å². The zero-order valence-electron chi connectivity index (χ0n) is 14.2. The average molecular weight is 326 g/mol. The predicted octanol–water partition coefficient (Wildman–Crippen LogP) is 5.24. The van der Waals surface area contributed by atoms with Crippen LogP contribution in [0.15, 0.2) is 91.1 Å². The van der Waals surface area contributed by atoms with Crippen LogP contribution in [0.5, 0.6) is 0 Å². The van der Waals surface area contributed by atoms with E-state index in [1.807, 2.05) is 0 Å². The van der Waals surface area contributed by atoms with Crippen molar-refractivity contribution in [3.05, 3.63) is 108 Å². The quantitative estimate of drug-likeness (QED) is 0.498. The zero-order valence-corrected chi connectivity index (χ0v) is 14.2. The summed E-state index contributed by atoms with van der Waals surface area (Å²) in [5, 5.41) is 5.05. The Balaban J connectivity index is 1.56. The third-order valence-electron chi connectivity index (χ3n) is 4.70. The van der Waals surface area contributed by atoms with Crippen molar-refractivity contribution in [3.63, 3.8) is 0 Å². The van der Waals surface area contributed by atoms with Gasteiger partial charge in [0.25, 0.3) is 0 Å². The molecular weight excluding hydrogens is 304 g/mol. The number of benzene rings is 3. The Morgan fingerprint density at radius 3 is 2.24 bits per heavy atom. The van der Waals surface area contributed by atoms with Gasteiger partial charge in [0.15, 0.2) is 0 Å². The standard InChI is InChI=1S/C23H22N2/c1-3-9-18(10-4-1)15-23(19-11-5-2-6-12-19)25-17-20-16-24-22-14-8-7-13-21(20)22/h1-14,16,23-25H,15,17H2/t23-/m0/s1. The van der Waals surface area contributed by atoms with E-state index in [4.69, 9.17) is 0 Å². The van der Waals surface area contributed by atoms with Gasteiger partial charge in [-0.05, 0) is 29.2 Å². The largest absolute Gasteiger partial charge is 0.361 e. The molecule has 0 spiro atoms. The molecule has 1 heterocycles. The Morgan fingerprint density at radius 1 is 0.760 bits per heavy atom. The molecular formula is C23H22N2. The second-order valence-electron chi connectivity index (χ2n) is 6.39. The molecule has 0 unspecified atom stereocenters. The number of nitrogens with one attached hydrogen (secondary N) is 2. The zero-order chi connectivity index (χ0) is 16.9. The highest BCUT2D eigenvalue weighted by molar-refractivity contribution is 5.82. The maximum Gasteiger partial charge on any atom is 0.0457 e. The van der Waals surface area contributed by atoms with Crippen LogP contribution in [-0.2, 0) is 13.0 Å². The summed E-state index contributed by atoms with van der Waals surface area (Å²) in [7, 11) is 0. The summed E-state index contributed by atoms with van der Waals surface area (Å²) in [6.45, 7) is 0.844. The van der Waals surface area contributed by atoms with Gasteiger partial charge >= 0.3 is 0 Å². The van der Waals surface area contributed by atoms with E-state index < -0.39 is 0 Å². The fourth-order valence-electron chi connectivity index (χ4n) is 3.35. The molecule has 4 aromatic rings. The summed E-state index contributed by atoms with van der Waals surface area (Å²) in [5.41, 5.74) is 5.18. The number of H-pyrrole nitrogens is 1. The van der Waals surface area contributed by atoms with Crippen molar-refractivity contribution in [1.29, 1.82) is 0 Å². The normalized spacial score (nSPS) is 12.3. The number of aromatic amines is 1. The van der Waals surface area contributed by atoms with E-state index in [1.165, 1.54) is 27.6 Å². The van der Waals surface area contributed by atoms with E-state index in [-0.39, 0.29) is 6.04 Å². The molecule has 0 amide bonds. The third-order valence-corrected chi connectivity index (χ3v) is 4.70. The smallest absolute Gasteiger partial charge is 0.0457 e. The first-order valence-corrected chi connectivity index (χ1v) is 8.77. The van der Waals surface area contributed by atoms with Gasteiger partial charge < -0.3 is 10.3 Å². The molecule has 1 atom stereocenters. The van der Waals surface area contributed by atoms with Crippen LogP contribution in [0.1, 0.15) is 22.7 Å². The number of aromatic nitrogens is 1. The monoisotopic (exact) mass is 326 g/mol. The second kappa shape index (κ2) is 7.37. The van der Waals surface area contributed by atoms with Crippen LogP contribution in [0.2, 0.25) is 0 Å². The average Bonchev–Trinajstić information content (AvgIpc) is 3.10. The van der Waals surface area contributed by atoms with E-state index in [2.05, 4.69) is 101 Å². The van der Waals surface area contributed by atoms with Crippen molar-refractivity contribution in [3.8, 4) is 0 Å². The lowest BCUT2D eigenvalue weighted by atomic mass is 9.98. The van der Waals surface area contributed by atoms with Crippen molar-refractivity contribution in [2.24, 2.45) is 0 Å². The van der Waals surface area contributed by atoms with E-state index in [0.717, 1.165) is 13.0 Å². The van der Waals surface area contributed by atoms with Gasteiger partial charge in [0.1, 0.15) is 0 Å². The minimum absolute atomic E-state index is 0.289. The number of para-hydroxylation sites is 1. The molecule has 4 rings (SSSR count). The Morgan fingerprint density at radius 2 is 1.44 bits per heavy atom. The van der Waals surface area contributed by atoms with Crippen LogP contribution in [0, 0.1) is 0 Å². The van der Waals surface area contributed by atoms with E-state index in [9.17, 15) is 0 Å². The molecule has 1 aromatic heterocycles. The van der Waals surface area contributed by atoms with Crippen LogP contribution in [0.25, 0.3) is 10.9 Å². The number of hydrogen-bond donors (Lipinski definition) is 2. The molecule has 0 saturated heterocycles. The van der Waals surface area contributed by atoms with Gasteiger partial charge in [-0.3, -0.25) is 0 Å². The molecule has 0 fully saturated rings. The van der Waals surface area contributed by atoms with Crippen molar-refractivity contribution in [1.82, 2.24) is 10.3 Å². The van der Waals surface area contributed by atoms with Gasteiger partial charge in [0.2, 0.25) is 0 Å². The molecule has 0 aliphatic heterocycles. The maximum atomic E-state index is 3.76. The van der Waals surface area contributed by atoms with Crippen LogP contribution in [0.4, 0.5) is 0 Å². The van der Waals surface area contributed by atoms with Gasteiger partial charge in [0.05, 0.1) is 0 Å². The Bertz CT molecular complexity index is 926. The first-order valence-electron chi connectivity index (χ1n) is 8.77. The lowest BCUT2D eigenvalue weighted by molar-refractivity contribution is 0.532. The summed E-state index contributed by atoms with van der Waals surface area (Å²) >= 11 is 0.